The van der Waals surface area contributed by atoms with Crippen LogP contribution in [0.3, 0.4) is 0 Å². The zero-order valence-corrected chi connectivity index (χ0v) is 12.4. The molecule has 3 aromatic rings. The Morgan fingerprint density at radius 3 is 2.76 bits per heavy atom. The van der Waals surface area contributed by atoms with Crippen molar-refractivity contribution in [1.29, 1.82) is 0 Å². The topological polar surface area (TPSA) is 61.0 Å². The summed E-state index contributed by atoms with van der Waals surface area (Å²) in [5, 5.41) is 3.08. The summed E-state index contributed by atoms with van der Waals surface area (Å²) in [5.41, 5.74) is 9.75. The third kappa shape index (κ3) is 3.03. The highest BCUT2D eigenvalue weighted by Gasteiger charge is 2.08. The second-order valence-corrected chi connectivity index (χ2v) is 5.54. The first kappa shape index (κ1) is 13.6. The van der Waals surface area contributed by atoms with E-state index in [9.17, 15) is 0 Å². The van der Waals surface area contributed by atoms with Crippen LogP contribution in [0.1, 0.15) is 10.6 Å². The Morgan fingerprint density at radius 1 is 1.19 bits per heavy atom. The molecule has 0 saturated carbocycles. The standard InChI is InChI=1S/C16H15N3OS/c1-20-15-7-6-11(9-18-15)8-16-19-14(10-21-16)12-4-2-3-5-13(12)17/h2-7,9-10H,8,17H2,1H3. The second-order valence-electron chi connectivity index (χ2n) is 4.60. The molecule has 0 saturated heterocycles. The van der Waals surface area contributed by atoms with Gasteiger partial charge in [0.15, 0.2) is 0 Å². The summed E-state index contributed by atoms with van der Waals surface area (Å²) in [6.45, 7) is 0. The fourth-order valence-electron chi connectivity index (χ4n) is 2.06. The van der Waals surface area contributed by atoms with E-state index < -0.39 is 0 Å². The van der Waals surface area contributed by atoms with Crippen molar-refractivity contribution >= 4 is 17.0 Å². The lowest BCUT2D eigenvalue weighted by Gasteiger charge is -2.01. The number of methoxy groups -OCH3 is 1. The molecule has 5 heteroatoms. The van der Waals surface area contributed by atoms with Gasteiger partial charge < -0.3 is 10.5 Å². The Bertz CT molecular complexity index is 737. The Kier molecular flexibility index (Phi) is 3.83. The van der Waals surface area contributed by atoms with Crippen molar-refractivity contribution in [1.82, 2.24) is 9.97 Å². The normalized spacial score (nSPS) is 10.5. The first-order valence-electron chi connectivity index (χ1n) is 6.54. The van der Waals surface area contributed by atoms with Gasteiger partial charge in [0, 0.05) is 35.3 Å². The molecule has 0 amide bonds. The van der Waals surface area contributed by atoms with Crippen molar-refractivity contribution in [3.8, 4) is 17.1 Å². The predicted octanol–water partition coefficient (Wildman–Crippen LogP) is 3.39. The highest BCUT2D eigenvalue weighted by molar-refractivity contribution is 7.10. The maximum Gasteiger partial charge on any atom is 0.212 e. The van der Waals surface area contributed by atoms with E-state index >= 15 is 0 Å². The Balaban J connectivity index is 1.80. The molecule has 2 heterocycles. The zero-order valence-electron chi connectivity index (χ0n) is 11.6. The summed E-state index contributed by atoms with van der Waals surface area (Å²) >= 11 is 1.63. The van der Waals surface area contributed by atoms with E-state index in [2.05, 4.69) is 9.97 Å². The van der Waals surface area contributed by atoms with E-state index in [1.807, 2.05) is 48.0 Å². The van der Waals surface area contributed by atoms with Crippen molar-refractivity contribution in [2.45, 2.75) is 6.42 Å². The van der Waals surface area contributed by atoms with Gasteiger partial charge in [-0.05, 0) is 11.6 Å². The number of nitrogens with zero attached hydrogens (tertiary/aromatic N) is 2. The van der Waals surface area contributed by atoms with Crippen LogP contribution in [0.15, 0.2) is 48.0 Å². The quantitative estimate of drug-likeness (QED) is 0.750. The highest BCUT2D eigenvalue weighted by atomic mass is 32.1. The van der Waals surface area contributed by atoms with Crippen molar-refractivity contribution < 1.29 is 4.74 Å². The number of ether oxygens (including phenoxy) is 1. The van der Waals surface area contributed by atoms with Crippen molar-refractivity contribution in [3.05, 3.63) is 58.5 Å². The molecule has 3 rings (SSSR count). The SMILES string of the molecule is COc1ccc(Cc2nc(-c3ccccc3N)cs2)cn1. The summed E-state index contributed by atoms with van der Waals surface area (Å²) in [7, 11) is 1.61. The molecule has 1 aromatic carbocycles. The molecule has 0 atom stereocenters. The molecular weight excluding hydrogens is 282 g/mol. The number of rotatable bonds is 4. The maximum atomic E-state index is 5.99. The first-order chi connectivity index (χ1) is 10.3. The van der Waals surface area contributed by atoms with Crippen LogP contribution in [-0.4, -0.2) is 17.1 Å². The molecule has 2 N–H and O–H groups in total. The van der Waals surface area contributed by atoms with Crippen LogP contribution in [0.2, 0.25) is 0 Å². The van der Waals surface area contributed by atoms with E-state index in [0.717, 1.165) is 33.9 Å². The number of pyridine rings is 1. The molecule has 0 aliphatic carbocycles. The zero-order chi connectivity index (χ0) is 14.7. The van der Waals surface area contributed by atoms with E-state index in [1.165, 1.54) is 0 Å². The number of hydrogen-bond acceptors (Lipinski definition) is 5. The summed E-state index contributed by atoms with van der Waals surface area (Å²) in [4.78, 5) is 8.87. The molecule has 0 radical (unpaired) electrons. The number of thiazole rings is 1. The monoisotopic (exact) mass is 297 g/mol. The molecule has 4 nitrogen and oxygen atoms in total. The number of aromatic nitrogens is 2. The highest BCUT2D eigenvalue weighted by Crippen LogP contribution is 2.27. The third-order valence-corrected chi connectivity index (χ3v) is 4.00. The van der Waals surface area contributed by atoms with Crippen LogP contribution in [0.25, 0.3) is 11.3 Å². The smallest absolute Gasteiger partial charge is 0.212 e. The number of benzene rings is 1. The molecule has 21 heavy (non-hydrogen) atoms. The van der Waals surface area contributed by atoms with Gasteiger partial charge in [0.1, 0.15) is 0 Å². The van der Waals surface area contributed by atoms with Gasteiger partial charge in [0.25, 0.3) is 0 Å². The van der Waals surface area contributed by atoms with Crippen LogP contribution < -0.4 is 10.5 Å². The lowest BCUT2D eigenvalue weighted by molar-refractivity contribution is 0.397. The fourth-order valence-corrected chi connectivity index (χ4v) is 2.89. The fraction of sp³-hybridized carbons (Fsp3) is 0.125. The average molecular weight is 297 g/mol. The minimum Gasteiger partial charge on any atom is -0.481 e. The van der Waals surface area contributed by atoms with Crippen LogP contribution >= 0.6 is 11.3 Å². The molecule has 0 aliphatic heterocycles. The van der Waals surface area contributed by atoms with Gasteiger partial charge in [-0.1, -0.05) is 24.3 Å². The molecule has 106 valence electrons. The van der Waals surface area contributed by atoms with Gasteiger partial charge in [0.2, 0.25) is 5.88 Å². The molecule has 0 unspecified atom stereocenters. The maximum absolute atomic E-state index is 5.99. The molecule has 0 fully saturated rings. The van der Waals surface area contributed by atoms with Crippen LogP contribution in [0, 0.1) is 0 Å². The van der Waals surface area contributed by atoms with Crippen LogP contribution in [0.5, 0.6) is 5.88 Å². The van der Waals surface area contributed by atoms with Gasteiger partial charge >= 0.3 is 0 Å². The number of hydrogen-bond donors (Lipinski definition) is 1. The minimum absolute atomic E-state index is 0.621. The molecule has 2 aromatic heterocycles. The van der Waals surface area contributed by atoms with Crippen molar-refractivity contribution in [3.63, 3.8) is 0 Å². The van der Waals surface area contributed by atoms with Gasteiger partial charge in [-0.25, -0.2) is 9.97 Å². The molecule has 0 aliphatic rings. The van der Waals surface area contributed by atoms with E-state index in [4.69, 9.17) is 10.5 Å². The summed E-state index contributed by atoms with van der Waals surface area (Å²) < 4.78 is 5.06. The van der Waals surface area contributed by atoms with Gasteiger partial charge in [0.05, 0.1) is 17.8 Å². The van der Waals surface area contributed by atoms with E-state index in [1.54, 1.807) is 18.4 Å². The summed E-state index contributed by atoms with van der Waals surface area (Å²) in [6, 6.07) is 11.6. The van der Waals surface area contributed by atoms with Gasteiger partial charge in [-0.2, -0.15) is 0 Å². The summed E-state index contributed by atoms with van der Waals surface area (Å²) in [5.74, 6) is 0.621. The number of nitrogen functional groups attached to an aromatic ring is 1. The minimum atomic E-state index is 0.621. The summed E-state index contributed by atoms with van der Waals surface area (Å²) in [6.07, 6.45) is 2.57. The van der Waals surface area contributed by atoms with Crippen molar-refractivity contribution in [2.75, 3.05) is 12.8 Å². The van der Waals surface area contributed by atoms with Crippen molar-refractivity contribution in [2.24, 2.45) is 0 Å². The second kappa shape index (κ2) is 5.93. The van der Waals surface area contributed by atoms with Crippen LogP contribution in [0.4, 0.5) is 5.69 Å². The van der Waals surface area contributed by atoms with Gasteiger partial charge in [-0.3, -0.25) is 0 Å². The Labute approximate surface area is 127 Å². The number of para-hydroxylation sites is 1. The van der Waals surface area contributed by atoms with Crippen LogP contribution in [-0.2, 0) is 6.42 Å². The predicted molar refractivity (Wildman–Crippen MR) is 85.6 cm³/mol. The average Bonchev–Trinajstić information content (AvgIpc) is 2.97. The lowest BCUT2D eigenvalue weighted by Crippen LogP contribution is -1.92. The lowest BCUT2D eigenvalue weighted by atomic mass is 10.1. The Morgan fingerprint density at radius 2 is 2.05 bits per heavy atom. The molecular formula is C16H15N3OS. The van der Waals surface area contributed by atoms with Gasteiger partial charge in [-0.15, -0.1) is 11.3 Å². The largest absolute Gasteiger partial charge is 0.481 e. The third-order valence-electron chi connectivity index (χ3n) is 3.15. The number of anilines is 1. The number of nitrogens with two attached hydrogens (primary N) is 1. The van der Waals surface area contributed by atoms with E-state index in [-0.39, 0.29) is 0 Å². The molecule has 0 spiro atoms. The van der Waals surface area contributed by atoms with E-state index in [0.29, 0.717) is 5.88 Å². The molecule has 0 bridgehead atoms. The first-order valence-corrected chi connectivity index (χ1v) is 7.42. The Hall–Kier alpha value is -2.40.